The van der Waals surface area contributed by atoms with E-state index in [0.717, 1.165) is 12.1 Å². The third kappa shape index (κ3) is 5.75. The first-order valence-electron chi connectivity index (χ1n) is 11.6. The zero-order valence-corrected chi connectivity index (χ0v) is 20.9. The monoisotopic (exact) mass is 517 g/mol. The lowest BCUT2D eigenvalue weighted by Crippen LogP contribution is -2.29. The molecule has 0 spiro atoms. The average Bonchev–Trinajstić information content (AvgIpc) is 3.37. The molecule has 11 heteroatoms. The Hall–Kier alpha value is -4.31. The van der Waals surface area contributed by atoms with Crippen LogP contribution in [-0.4, -0.2) is 54.9 Å². The van der Waals surface area contributed by atoms with Gasteiger partial charge in [0.25, 0.3) is 0 Å². The van der Waals surface area contributed by atoms with Crippen molar-refractivity contribution in [2.75, 3.05) is 18.4 Å². The Morgan fingerprint density at radius 3 is 2.89 bits per heavy atom. The smallest absolute Gasteiger partial charge is 0.246 e. The van der Waals surface area contributed by atoms with Gasteiger partial charge in [0.2, 0.25) is 11.8 Å². The molecule has 1 fully saturated rings. The zero-order chi connectivity index (χ0) is 25.8. The predicted molar refractivity (Wildman–Crippen MR) is 139 cm³/mol. The van der Waals surface area contributed by atoms with Gasteiger partial charge < -0.3 is 19.7 Å². The summed E-state index contributed by atoms with van der Waals surface area (Å²) in [6.07, 6.45) is 6.72. The van der Waals surface area contributed by atoms with Gasteiger partial charge in [-0.25, -0.2) is 15.0 Å². The number of halogens is 1. The van der Waals surface area contributed by atoms with Gasteiger partial charge in [0.15, 0.2) is 5.82 Å². The molecule has 1 amide bonds. The van der Waals surface area contributed by atoms with Gasteiger partial charge in [0.1, 0.15) is 30.3 Å². The normalized spacial score (nSPS) is 15.0. The van der Waals surface area contributed by atoms with Gasteiger partial charge in [-0.2, -0.15) is 0 Å². The van der Waals surface area contributed by atoms with E-state index in [1.54, 1.807) is 35.5 Å². The number of amides is 1. The summed E-state index contributed by atoms with van der Waals surface area (Å²) < 4.78 is 11.8. The quantitative estimate of drug-likeness (QED) is 0.342. The second kappa shape index (κ2) is 10.8. The number of aryl methyl sites for hydroxylation is 1. The SMILES string of the molecule is C=CC(=O)N1CCC(Oc2ccc3ncnc(Nc4ccc(OCc5cnc(C)cn5)c(Cl)c4)c3n2)C1. The van der Waals surface area contributed by atoms with Crippen molar-refractivity contribution in [3.05, 3.63) is 78.1 Å². The first kappa shape index (κ1) is 24.4. The van der Waals surface area contributed by atoms with Crippen LogP contribution in [0.15, 0.2) is 61.7 Å². The third-order valence-electron chi connectivity index (χ3n) is 5.78. The van der Waals surface area contributed by atoms with Gasteiger partial charge >= 0.3 is 0 Å². The maximum Gasteiger partial charge on any atom is 0.246 e. The standard InChI is InChI=1S/C26H24ClN7O3/c1-3-24(35)34-9-8-19(13-34)37-23-7-5-21-25(33-23)26(31-15-30-21)32-17-4-6-22(20(27)10-17)36-14-18-12-28-16(2)11-29-18/h3-7,10-12,15,19H,1,8-9,13-14H2,2H3,(H,30,31,32). The number of nitrogens with zero attached hydrogens (tertiary/aromatic N) is 6. The number of rotatable bonds is 8. The van der Waals surface area contributed by atoms with Crippen molar-refractivity contribution in [2.45, 2.75) is 26.1 Å². The number of hydrogen-bond donors (Lipinski definition) is 1. The Morgan fingerprint density at radius 1 is 1.22 bits per heavy atom. The average molecular weight is 518 g/mol. The van der Waals surface area contributed by atoms with E-state index in [-0.39, 0.29) is 18.6 Å². The highest BCUT2D eigenvalue weighted by molar-refractivity contribution is 6.32. The molecule has 1 saturated heterocycles. The summed E-state index contributed by atoms with van der Waals surface area (Å²) in [5, 5.41) is 3.68. The van der Waals surface area contributed by atoms with E-state index in [9.17, 15) is 4.79 Å². The largest absolute Gasteiger partial charge is 0.486 e. The van der Waals surface area contributed by atoms with Crippen molar-refractivity contribution in [2.24, 2.45) is 0 Å². The van der Waals surface area contributed by atoms with Crippen LogP contribution in [0.2, 0.25) is 5.02 Å². The predicted octanol–water partition coefficient (Wildman–Crippen LogP) is 4.26. The number of carbonyl (C=O) groups is 1. The van der Waals surface area contributed by atoms with E-state index in [1.807, 2.05) is 19.1 Å². The molecular weight excluding hydrogens is 494 g/mol. The molecule has 5 rings (SSSR count). The number of hydrogen-bond acceptors (Lipinski definition) is 9. The number of carbonyl (C=O) groups excluding carboxylic acids is 1. The topological polar surface area (TPSA) is 115 Å². The van der Waals surface area contributed by atoms with Crippen LogP contribution >= 0.6 is 11.6 Å². The molecular formula is C26H24ClN7O3. The van der Waals surface area contributed by atoms with Gasteiger partial charge in [-0.1, -0.05) is 18.2 Å². The lowest BCUT2D eigenvalue weighted by Gasteiger charge is -2.15. The Kier molecular flexibility index (Phi) is 7.09. The number of fused-ring (bicyclic) bond motifs is 1. The summed E-state index contributed by atoms with van der Waals surface area (Å²) in [5.74, 6) is 1.36. The molecule has 0 bridgehead atoms. The second-order valence-corrected chi connectivity index (χ2v) is 8.87. The third-order valence-corrected chi connectivity index (χ3v) is 6.08. The molecule has 4 aromatic rings. The Balaban J connectivity index is 1.29. The van der Waals surface area contributed by atoms with Crippen LogP contribution in [0.1, 0.15) is 17.8 Å². The number of anilines is 2. The Labute approximate surface area is 218 Å². The molecule has 10 nitrogen and oxygen atoms in total. The van der Waals surface area contributed by atoms with Gasteiger partial charge in [-0.15, -0.1) is 0 Å². The van der Waals surface area contributed by atoms with E-state index in [2.05, 4.69) is 36.8 Å². The molecule has 1 unspecified atom stereocenters. The van der Waals surface area contributed by atoms with Crippen LogP contribution in [0.5, 0.6) is 11.6 Å². The lowest BCUT2D eigenvalue weighted by molar-refractivity contribution is -0.125. The fraction of sp³-hybridized carbons (Fsp3) is 0.231. The van der Waals surface area contributed by atoms with Crippen LogP contribution in [0, 0.1) is 6.92 Å². The molecule has 1 N–H and O–H groups in total. The minimum absolute atomic E-state index is 0.101. The first-order valence-corrected chi connectivity index (χ1v) is 12.0. The summed E-state index contributed by atoms with van der Waals surface area (Å²) in [6.45, 7) is 6.78. The molecule has 1 atom stereocenters. The number of aromatic nitrogens is 5. The first-order chi connectivity index (χ1) is 18.0. The minimum atomic E-state index is -0.146. The number of pyridine rings is 1. The van der Waals surface area contributed by atoms with Crippen molar-refractivity contribution in [3.8, 4) is 11.6 Å². The van der Waals surface area contributed by atoms with Crippen LogP contribution in [0.4, 0.5) is 11.5 Å². The Morgan fingerprint density at radius 2 is 2.11 bits per heavy atom. The van der Waals surface area contributed by atoms with Crippen molar-refractivity contribution < 1.29 is 14.3 Å². The van der Waals surface area contributed by atoms with Crippen molar-refractivity contribution >= 4 is 40.0 Å². The molecule has 4 heterocycles. The van der Waals surface area contributed by atoms with E-state index < -0.39 is 0 Å². The maximum atomic E-state index is 11.9. The molecule has 188 valence electrons. The van der Waals surface area contributed by atoms with Crippen molar-refractivity contribution in [1.29, 1.82) is 0 Å². The van der Waals surface area contributed by atoms with E-state index in [4.69, 9.17) is 21.1 Å². The van der Waals surface area contributed by atoms with Crippen LogP contribution in [0.3, 0.4) is 0 Å². The highest BCUT2D eigenvalue weighted by atomic mass is 35.5. The van der Waals surface area contributed by atoms with E-state index in [0.29, 0.717) is 58.0 Å². The van der Waals surface area contributed by atoms with Gasteiger partial charge in [-0.05, 0) is 37.3 Å². The summed E-state index contributed by atoms with van der Waals surface area (Å²) >= 11 is 6.47. The zero-order valence-electron chi connectivity index (χ0n) is 20.1. The fourth-order valence-corrected chi connectivity index (χ4v) is 4.12. The summed E-state index contributed by atoms with van der Waals surface area (Å²) in [4.78, 5) is 35.4. The second-order valence-electron chi connectivity index (χ2n) is 8.46. The summed E-state index contributed by atoms with van der Waals surface area (Å²) in [6, 6.07) is 8.94. The van der Waals surface area contributed by atoms with Crippen molar-refractivity contribution in [1.82, 2.24) is 29.8 Å². The molecule has 3 aromatic heterocycles. The van der Waals surface area contributed by atoms with E-state index >= 15 is 0 Å². The highest BCUT2D eigenvalue weighted by Gasteiger charge is 2.26. The number of nitrogens with one attached hydrogen (secondary N) is 1. The van der Waals surface area contributed by atoms with E-state index in [1.165, 1.54) is 12.4 Å². The van der Waals surface area contributed by atoms with Gasteiger partial charge in [0, 0.05) is 30.9 Å². The molecule has 1 aliphatic heterocycles. The summed E-state index contributed by atoms with van der Waals surface area (Å²) in [7, 11) is 0. The number of ether oxygens (including phenoxy) is 2. The van der Waals surface area contributed by atoms with Crippen LogP contribution in [-0.2, 0) is 11.4 Å². The van der Waals surface area contributed by atoms with Gasteiger partial charge in [-0.3, -0.25) is 14.8 Å². The fourth-order valence-electron chi connectivity index (χ4n) is 3.88. The summed E-state index contributed by atoms with van der Waals surface area (Å²) in [5.41, 5.74) is 3.46. The number of likely N-dealkylation sites (tertiary alicyclic amines) is 1. The molecule has 1 aromatic carbocycles. The van der Waals surface area contributed by atoms with Crippen molar-refractivity contribution in [3.63, 3.8) is 0 Å². The lowest BCUT2D eigenvalue weighted by atomic mass is 10.2. The molecule has 0 aliphatic carbocycles. The molecule has 1 aliphatic rings. The molecule has 0 saturated carbocycles. The molecule has 0 radical (unpaired) electrons. The molecule has 37 heavy (non-hydrogen) atoms. The number of benzene rings is 1. The highest BCUT2D eigenvalue weighted by Crippen LogP contribution is 2.31. The van der Waals surface area contributed by atoms with Gasteiger partial charge in [0.05, 0.1) is 34.7 Å². The maximum absolute atomic E-state index is 11.9. The minimum Gasteiger partial charge on any atom is -0.486 e. The van der Waals surface area contributed by atoms with Crippen LogP contribution < -0.4 is 14.8 Å². The van der Waals surface area contributed by atoms with Crippen LogP contribution in [0.25, 0.3) is 11.0 Å². The Bertz CT molecular complexity index is 1450.